The van der Waals surface area contributed by atoms with Crippen LogP contribution in [0.3, 0.4) is 0 Å². The third-order valence-electron chi connectivity index (χ3n) is 6.28. The molecule has 3 unspecified atom stereocenters. The van der Waals surface area contributed by atoms with Gasteiger partial charge in [0.1, 0.15) is 5.60 Å². The Hall–Kier alpha value is -3.39. The summed E-state index contributed by atoms with van der Waals surface area (Å²) in [4.78, 5) is 32.8. The number of nitrogens with one attached hydrogen (secondary N) is 1. The van der Waals surface area contributed by atoms with Crippen LogP contribution in [0.15, 0.2) is 60.7 Å². The van der Waals surface area contributed by atoms with Gasteiger partial charge < -0.3 is 26.3 Å². The minimum absolute atomic E-state index is 0.0145. The van der Waals surface area contributed by atoms with Crippen LogP contribution in [-0.2, 0) is 19.1 Å². The molecule has 0 aromatic heterocycles. The fourth-order valence-electron chi connectivity index (χ4n) is 4.39. The molecule has 5 N–H and O–H groups in total. The zero-order valence-corrected chi connectivity index (χ0v) is 27.2. The molecule has 8 heteroatoms. The minimum Gasteiger partial charge on any atom is -0.463 e. The van der Waals surface area contributed by atoms with Gasteiger partial charge in [-0.25, -0.2) is 4.79 Å². The molecule has 1 heterocycles. The van der Waals surface area contributed by atoms with E-state index in [1.54, 1.807) is 20.8 Å². The van der Waals surface area contributed by atoms with Crippen molar-refractivity contribution in [3.05, 3.63) is 71.8 Å². The third-order valence-corrected chi connectivity index (χ3v) is 6.28. The van der Waals surface area contributed by atoms with Gasteiger partial charge in [-0.2, -0.15) is 0 Å². The number of nitrogens with two attached hydrogens (primary N) is 2. The van der Waals surface area contributed by atoms with Crippen LogP contribution in [0.2, 0.25) is 0 Å². The lowest BCUT2D eigenvalue weighted by molar-refractivity contribution is -0.147. The first kappa shape index (κ1) is 38.6. The first-order valence-electron chi connectivity index (χ1n) is 15.1. The van der Waals surface area contributed by atoms with Gasteiger partial charge in [0.25, 0.3) is 0 Å². The van der Waals surface area contributed by atoms with Crippen LogP contribution in [0.4, 0.5) is 4.79 Å². The van der Waals surface area contributed by atoms with Gasteiger partial charge in [0.2, 0.25) is 5.91 Å². The molecule has 0 spiro atoms. The van der Waals surface area contributed by atoms with Gasteiger partial charge in [-0.05, 0) is 77.8 Å². The van der Waals surface area contributed by atoms with Crippen molar-refractivity contribution < 1.29 is 23.9 Å². The summed E-state index contributed by atoms with van der Waals surface area (Å²) >= 11 is 0. The molecule has 2 aromatic rings. The second kappa shape index (κ2) is 20.5. The molecule has 2 amide bonds. The predicted octanol–water partition coefficient (Wildman–Crippen LogP) is 6.82. The predicted molar refractivity (Wildman–Crippen MR) is 171 cm³/mol. The molecule has 236 valence electrons. The molecule has 1 fully saturated rings. The van der Waals surface area contributed by atoms with Gasteiger partial charge in [-0.3, -0.25) is 9.59 Å². The van der Waals surface area contributed by atoms with Crippen molar-refractivity contribution in [2.45, 2.75) is 124 Å². The van der Waals surface area contributed by atoms with E-state index >= 15 is 0 Å². The van der Waals surface area contributed by atoms with E-state index in [4.69, 9.17) is 16.2 Å². The summed E-state index contributed by atoms with van der Waals surface area (Å²) in [7, 11) is 0. The molecule has 0 aliphatic carbocycles. The van der Waals surface area contributed by atoms with Crippen molar-refractivity contribution in [1.29, 1.82) is 0 Å². The van der Waals surface area contributed by atoms with E-state index in [1.165, 1.54) is 11.1 Å². The highest BCUT2D eigenvalue weighted by molar-refractivity contribution is 5.83. The molecule has 0 bridgehead atoms. The van der Waals surface area contributed by atoms with Crippen LogP contribution in [0.25, 0.3) is 0 Å². The van der Waals surface area contributed by atoms with Crippen molar-refractivity contribution >= 4 is 18.0 Å². The SMILES string of the molecule is CC.CC(C)(C)OC(N)=O.CC1NC(=O)C(N)C[C@@H]1c1ccccc1.CCC(CCC(=O)OC(C)C)c1ccccc1. The van der Waals surface area contributed by atoms with Gasteiger partial charge in [0, 0.05) is 18.4 Å². The van der Waals surface area contributed by atoms with Crippen molar-refractivity contribution in [2.24, 2.45) is 11.5 Å². The molecule has 8 nitrogen and oxygen atoms in total. The average molecular weight is 586 g/mol. The second-order valence-electron chi connectivity index (χ2n) is 11.3. The van der Waals surface area contributed by atoms with E-state index in [0.29, 0.717) is 18.3 Å². The maximum atomic E-state index is 11.5. The first-order valence-corrected chi connectivity index (χ1v) is 15.1. The van der Waals surface area contributed by atoms with Crippen molar-refractivity contribution in [3.8, 4) is 0 Å². The number of ether oxygens (including phenoxy) is 2. The minimum atomic E-state index is -0.725. The highest BCUT2D eigenvalue weighted by Crippen LogP contribution is 2.27. The Labute approximate surface area is 253 Å². The zero-order valence-electron chi connectivity index (χ0n) is 27.2. The van der Waals surface area contributed by atoms with E-state index < -0.39 is 11.7 Å². The molecular formula is C34H55N3O5. The Morgan fingerprint density at radius 1 is 1.00 bits per heavy atom. The van der Waals surface area contributed by atoms with Gasteiger partial charge in [0.05, 0.1) is 12.1 Å². The summed E-state index contributed by atoms with van der Waals surface area (Å²) in [5, 5.41) is 2.91. The van der Waals surface area contributed by atoms with Crippen molar-refractivity contribution in [1.82, 2.24) is 5.32 Å². The van der Waals surface area contributed by atoms with Gasteiger partial charge in [-0.15, -0.1) is 0 Å². The molecule has 42 heavy (non-hydrogen) atoms. The van der Waals surface area contributed by atoms with Crippen molar-refractivity contribution in [2.75, 3.05) is 0 Å². The number of amides is 2. The smallest absolute Gasteiger partial charge is 0.405 e. The number of hydrogen-bond acceptors (Lipinski definition) is 6. The van der Waals surface area contributed by atoms with E-state index in [1.807, 2.05) is 71.0 Å². The fraction of sp³-hybridized carbons (Fsp3) is 0.559. The summed E-state index contributed by atoms with van der Waals surface area (Å²) in [6.07, 6.45) is 2.42. The first-order chi connectivity index (χ1) is 19.7. The van der Waals surface area contributed by atoms with Crippen LogP contribution >= 0.6 is 0 Å². The van der Waals surface area contributed by atoms with Crippen LogP contribution in [0, 0.1) is 0 Å². The standard InChI is InChI=1S/C15H22O2.C12H16N2O.C5H11NO2.C2H6/c1-4-13(14-8-6-5-7-9-14)10-11-15(16)17-12(2)3;1-8-10(7-11(13)12(15)14-8)9-5-3-2-4-6-9;1-5(2,3)8-4(6)7;1-2/h5-9,12-13H,4,10-11H2,1-3H3;2-6,8,10-11H,7,13H2,1H3,(H,14,15);1-3H3,(H2,6,7);1-2H3/t;8?,10-,11?;;/m.0../s1. The maximum absolute atomic E-state index is 11.5. The lowest BCUT2D eigenvalue weighted by Gasteiger charge is -2.33. The van der Waals surface area contributed by atoms with E-state index in [2.05, 4.69) is 41.2 Å². The Morgan fingerprint density at radius 2 is 1.52 bits per heavy atom. The van der Waals surface area contributed by atoms with Crippen LogP contribution in [0.1, 0.15) is 111 Å². The number of rotatable bonds is 7. The Morgan fingerprint density at radius 3 is 1.95 bits per heavy atom. The summed E-state index contributed by atoms with van der Waals surface area (Å²) in [6, 6.07) is 20.4. The number of carbonyl (C=O) groups is 3. The zero-order chi connectivity index (χ0) is 32.3. The monoisotopic (exact) mass is 585 g/mol. The normalized spacial score (nSPS) is 18.4. The third kappa shape index (κ3) is 16.8. The maximum Gasteiger partial charge on any atom is 0.405 e. The average Bonchev–Trinajstić information content (AvgIpc) is 2.92. The molecule has 1 aliphatic heterocycles. The Kier molecular flexibility index (Phi) is 18.8. The summed E-state index contributed by atoms with van der Waals surface area (Å²) < 4.78 is 9.72. The van der Waals surface area contributed by atoms with E-state index in [9.17, 15) is 14.4 Å². The number of carbonyl (C=O) groups excluding carboxylic acids is 3. The highest BCUT2D eigenvalue weighted by atomic mass is 16.6. The second-order valence-corrected chi connectivity index (χ2v) is 11.3. The lowest BCUT2D eigenvalue weighted by Crippen LogP contribution is -2.52. The van der Waals surface area contributed by atoms with E-state index in [-0.39, 0.29) is 30.1 Å². The molecule has 1 aliphatic rings. The largest absolute Gasteiger partial charge is 0.463 e. The van der Waals surface area contributed by atoms with Crippen LogP contribution < -0.4 is 16.8 Å². The Balaban J connectivity index is 0.000000616. The summed E-state index contributed by atoms with van der Waals surface area (Å²) in [6.45, 7) is 17.2. The van der Waals surface area contributed by atoms with E-state index in [0.717, 1.165) is 19.3 Å². The van der Waals surface area contributed by atoms with Crippen LogP contribution in [0.5, 0.6) is 0 Å². The summed E-state index contributed by atoms with van der Waals surface area (Å²) in [5.74, 6) is 0.666. The topological polar surface area (TPSA) is 134 Å². The molecule has 0 radical (unpaired) electrons. The number of esters is 1. The van der Waals surface area contributed by atoms with Crippen LogP contribution in [-0.4, -0.2) is 41.8 Å². The molecular weight excluding hydrogens is 530 g/mol. The molecule has 4 atom stereocenters. The fourth-order valence-corrected chi connectivity index (χ4v) is 4.39. The van der Waals surface area contributed by atoms with Gasteiger partial charge in [-0.1, -0.05) is 81.4 Å². The lowest BCUT2D eigenvalue weighted by atomic mass is 9.83. The molecule has 2 aromatic carbocycles. The number of piperidine rings is 1. The molecule has 1 saturated heterocycles. The number of primary amides is 1. The van der Waals surface area contributed by atoms with Crippen molar-refractivity contribution in [3.63, 3.8) is 0 Å². The molecule has 0 saturated carbocycles. The number of benzene rings is 2. The Bertz CT molecular complexity index is 1020. The van der Waals surface area contributed by atoms with Gasteiger partial charge in [0.15, 0.2) is 0 Å². The quantitative estimate of drug-likeness (QED) is 0.305. The highest BCUT2D eigenvalue weighted by Gasteiger charge is 2.31. The molecule has 3 rings (SSSR count). The summed E-state index contributed by atoms with van der Waals surface area (Å²) in [5.41, 5.74) is 12.6. The van der Waals surface area contributed by atoms with Gasteiger partial charge >= 0.3 is 12.1 Å². The number of hydrogen-bond donors (Lipinski definition) is 3.